The third-order valence-electron chi connectivity index (χ3n) is 13.7. The summed E-state index contributed by atoms with van der Waals surface area (Å²) in [6.07, 6.45) is 54.4. The number of phosphoric acid groups is 1. The van der Waals surface area contributed by atoms with Gasteiger partial charge in [-0.25, -0.2) is 4.57 Å². The van der Waals surface area contributed by atoms with E-state index in [1.54, 1.807) is 0 Å². The molecule has 0 aromatic heterocycles. The molecule has 2 N–H and O–H groups in total. The minimum absolute atomic E-state index is 0.170. The lowest BCUT2D eigenvalue weighted by molar-refractivity contribution is -0.161. The second-order valence-electron chi connectivity index (χ2n) is 20.9. The van der Waals surface area contributed by atoms with Gasteiger partial charge in [-0.3, -0.25) is 23.4 Å². The molecule has 72 heavy (non-hydrogen) atoms. The first-order valence-electron chi connectivity index (χ1n) is 30.6. The molecule has 426 valence electrons. The number of allylic oxidation sites excluding steroid dienone is 2. The normalized spacial score (nSPS) is 13.3. The molecule has 0 aromatic rings. The monoisotopic (exact) mass is 1040 g/mol. The zero-order valence-electron chi connectivity index (χ0n) is 47.2. The SMILES string of the molecule is CCCCCCCC/C=C\CCCCCCCCCC(=O)OC(COC(=O)CCCCCCCCCCCCCCCCC)COP(=O)(O)OCC(CO)OC(=O)CCCCCCCCCCCCCCC. The highest BCUT2D eigenvalue weighted by Gasteiger charge is 2.28. The second kappa shape index (κ2) is 55.5. The molecule has 0 saturated heterocycles. The zero-order valence-corrected chi connectivity index (χ0v) is 48.1. The van der Waals surface area contributed by atoms with E-state index in [-0.39, 0.29) is 25.9 Å². The molecule has 0 fully saturated rings. The van der Waals surface area contributed by atoms with Crippen molar-refractivity contribution in [3.05, 3.63) is 12.2 Å². The number of esters is 3. The topological polar surface area (TPSA) is 155 Å². The summed E-state index contributed by atoms with van der Waals surface area (Å²) >= 11 is 0. The van der Waals surface area contributed by atoms with Gasteiger partial charge in [0, 0.05) is 19.3 Å². The number of unbranched alkanes of at least 4 members (excludes halogenated alkanes) is 39. The Morgan fingerprint density at radius 2 is 0.639 bits per heavy atom. The van der Waals surface area contributed by atoms with Gasteiger partial charge in [-0.2, -0.15) is 0 Å². The van der Waals surface area contributed by atoms with Crippen LogP contribution in [0.15, 0.2) is 12.2 Å². The summed E-state index contributed by atoms with van der Waals surface area (Å²) in [5.41, 5.74) is 0. The fourth-order valence-corrected chi connectivity index (χ4v) is 9.78. The molecule has 0 amide bonds. The first-order valence-corrected chi connectivity index (χ1v) is 32.1. The summed E-state index contributed by atoms with van der Waals surface area (Å²) in [5, 5.41) is 9.82. The third-order valence-corrected chi connectivity index (χ3v) is 14.6. The lowest BCUT2D eigenvalue weighted by Crippen LogP contribution is -2.30. The van der Waals surface area contributed by atoms with Gasteiger partial charge in [-0.15, -0.1) is 0 Å². The van der Waals surface area contributed by atoms with Gasteiger partial charge in [0.05, 0.1) is 19.8 Å². The van der Waals surface area contributed by atoms with E-state index >= 15 is 0 Å². The van der Waals surface area contributed by atoms with E-state index in [1.165, 1.54) is 193 Å². The molecule has 3 unspecified atom stereocenters. The molecule has 0 aliphatic heterocycles. The Hall–Kier alpha value is -1.78. The van der Waals surface area contributed by atoms with Crippen LogP contribution in [0.4, 0.5) is 0 Å². The Morgan fingerprint density at radius 3 is 0.958 bits per heavy atom. The van der Waals surface area contributed by atoms with E-state index in [1.807, 2.05) is 0 Å². The maximum atomic E-state index is 12.9. The van der Waals surface area contributed by atoms with Crippen LogP contribution < -0.4 is 0 Å². The van der Waals surface area contributed by atoms with Crippen molar-refractivity contribution in [1.82, 2.24) is 0 Å². The summed E-state index contributed by atoms with van der Waals surface area (Å²) in [7, 11) is -4.74. The van der Waals surface area contributed by atoms with Crippen LogP contribution in [0.1, 0.15) is 316 Å². The summed E-state index contributed by atoms with van der Waals surface area (Å²) in [6, 6.07) is 0. The number of hydrogen-bond donors (Lipinski definition) is 2. The van der Waals surface area contributed by atoms with E-state index in [2.05, 4.69) is 32.9 Å². The molecule has 0 bridgehead atoms. The summed E-state index contributed by atoms with van der Waals surface area (Å²) in [4.78, 5) is 48.6. The van der Waals surface area contributed by atoms with Crippen LogP contribution in [-0.4, -0.2) is 66.5 Å². The van der Waals surface area contributed by atoms with Gasteiger partial charge in [0.15, 0.2) is 6.10 Å². The van der Waals surface area contributed by atoms with Crippen LogP contribution in [0.2, 0.25) is 0 Å². The van der Waals surface area contributed by atoms with Crippen molar-refractivity contribution < 1.29 is 52.2 Å². The van der Waals surface area contributed by atoms with Crippen LogP contribution in [-0.2, 0) is 42.2 Å². The minimum Gasteiger partial charge on any atom is -0.462 e. The van der Waals surface area contributed by atoms with E-state index in [0.717, 1.165) is 64.2 Å². The molecule has 0 aliphatic rings. The largest absolute Gasteiger partial charge is 0.472 e. The van der Waals surface area contributed by atoms with Crippen LogP contribution in [0.3, 0.4) is 0 Å². The molecular weight excluding hydrogens is 928 g/mol. The molecule has 11 nitrogen and oxygen atoms in total. The fourth-order valence-electron chi connectivity index (χ4n) is 9.00. The number of phosphoric ester groups is 1. The van der Waals surface area contributed by atoms with Gasteiger partial charge >= 0.3 is 25.7 Å². The van der Waals surface area contributed by atoms with Crippen molar-refractivity contribution in [3.63, 3.8) is 0 Å². The minimum atomic E-state index is -4.74. The Labute approximate surface area is 443 Å². The zero-order chi connectivity index (χ0) is 52.7. The highest BCUT2D eigenvalue weighted by Crippen LogP contribution is 2.43. The first kappa shape index (κ1) is 70.2. The number of carbonyl (C=O) groups excluding carboxylic acids is 3. The van der Waals surface area contributed by atoms with E-state index in [0.29, 0.717) is 19.3 Å². The Kier molecular flexibility index (Phi) is 54.1. The molecule has 0 spiro atoms. The van der Waals surface area contributed by atoms with Crippen molar-refractivity contribution in [2.75, 3.05) is 26.4 Å². The van der Waals surface area contributed by atoms with Crippen LogP contribution in [0.25, 0.3) is 0 Å². The highest BCUT2D eigenvalue weighted by atomic mass is 31.2. The standard InChI is InChI=1S/C60H115O11P/c1-4-7-10-13-16-19-22-25-27-28-30-33-36-39-42-45-48-51-60(64)71-57(53-67-58(62)49-46-43-40-37-34-32-29-26-23-20-17-14-11-8-5-2)55-69-72(65,66)68-54-56(52-61)70-59(63)50-47-44-41-38-35-31-24-21-18-15-12-9-6-3/h25,27,56-57,61H,4-24,26,28-55H2,1-3H3,(H,65,66)/b27-25-. The highest BCUT2D eigenvalue weighted by molar-refractivity contribution is 7.47. The predicted octanol–water partition coefficient (Wildman–Crippen LogP) is 18.0. The number of carbonyl (C=O) groups is 3. The van der Waals surface area contributed by atoms with E-state index in [4.69, 9.17) is 23.3 Å². The van der Waals surface area contributed by atoms with E-state index in [9.17, 15) is 28.9 Å². The first-order chi connectivity index (χ1) is 35.2. The summed E-state index contributed by atoms with van der Waals surface area (Å²) < 4.78 is 39.6. The number of aliphatic hydroxyl groups is 1. The predicted molar refractivity (Wildman–Crippen MR) is 298 cm³/mol. The van der Waals surface area contributed by atoms with Crippen molar-refractivity contribution in [2.45, 2.75) is 328 Å². The van der Waals surface area contributed by atoms with Gasteiger partial charge in [0.1, 0.15) is 12.7 Å². The Bertz CT molecular complexity index is 1260. The van der Waals surface area contributed by atoms with Gasteiger partial charge in [0.2, 0.25) is 0 Å². The van der Waals surface area contributed by atoms with Gasteiger partial charge < -0.3 is 24.2 Å². The fraction of sp³-hybridized carbons (Fsp3) is 0.917. The molecule has 0 radical (unpaired) electrons. The molecule has 0 saturated carbocycles. The number of aliphatic hydroxyl groups excluding tert-OH is 1. The third kappa shape index (κ3) is 53.1. The summed E-state index contributed by atoms with van der Waals surface area (Å²) in [5.74, 6) is -1.44. The summed E-state index contributed by atoms with van der Waals surface area (Å²) in [6.45, 7) is 4.71. The average Bonchev–Trinajstić information content (AvgIpc) is 3.37. The smallest absolute Gasteiger partial charge is 0.462 e. The molecule has 12 heteroatoms. The van der Waals surface area contributed by atoms with Crippen LogP contribution in [0.5, 0.6) is 0 Å². The lowest BCUT2D eigenvalue weighted by Gasteiger charge is -2.21. The van der Waals surface area contributed by atoms with Gasteiger partial charge in [-0.1, -0.05) is 264 Å². The van der Waals surface area contributed by atoms with Crippen molar-refractivity contribution in [3.8, 4) is 0 Å². The van der Waals surface area contributed by atoms with Crippen molar-refractivity contribution in [2.24, 2.45) is 0 Å². The lowest BCUT2D eigenvalue weighted by atomic mass is 10.0. The molecule has 0 rings (SSSR count). The number of rotatable bonds is 58. The number of hydrogen-bond acceptors (Lipinski definition) is 10. The van der Waals surface area contributed by atoms with Crippen LogP contribution in [0, 0.1) is 0 Å². The molecule has 0 aromatic carbocycles. The average molecular weight is 1040 g/mol. The maximum absolute atomic E-state index is 12.9. The van der Waals surface area contributed by atoms with Crippen molar-refractivity contribution >= 4 is 25.7 Å². The van der Waals surface area contributed by atoms with Gasteiger partial charge in [0.25, 0.3) is 0 Å². The Balaban J connectivity index is 4.67. The molecule has 0 heterocycles. The van der Waals surface area contributed by atoms with Crippen molar-refractivity contribution in [1.29, 1.82) is 0 Å². The number of ether oxygens (including phenoxy) is 3. The molecule has 3 atom stereocenters. The molecule has 0 aliphatic carbocycles. The van der Waals surface area contributed by atoms with Gasteiger partial charge in [-0.05, 0) is 44.9 Å². The second-order valence-corrected chi connectivity index (χ2v) is 22.3. The quantitative estimate of drug-likeness (QED) is 0.0197. The Morgan fingerprint density at radius 1 is 0.375 bits per heavy atom. The van der Waals surface area contributed by atoms with Crippen LogP contribution >= 0.6 is 7.82 Å². The van der Waals surface area contributed by atoms with E-state index < -0.39 is 57.8 Å². The molecular formula is C60H115O11P. The maximum Gasteiger partial charge on any atom is 0.472 e.